The van der Waals surface area contributed by atoms with Gasteiger partial charge >= 0.3 is 0 Å². The molecule has 5 heteroatoms. The molecule has 5 nitrogen and oxygen atoms in total. The highest BCUT2D eigenvalue weighted by Crippen LogP contribution is 2.32. The second kappa shape index (κ2) is 8.51. The minimum atomic E-state index is -0.209. The molecular formula is C28H26N2O3. The Labute approximate surface area is 192 Å². The first-order chi connectivity index (χ1) is 16.0. The summed E-state index contributed by atoms with van der Waals surface area (Å²) in [4.78, 5) is 16.5. The first-order valence-corrected chi connectivity index (χ1v) is 11.0. The van der Waals surface area contributed by atoms with Gasteiger partial charge in [0.25, 0.3) is 5.91 Å². The van der Waals surface area contributed by atoms with Crippen LogP contribution in [0.3, 0.4) is 0 Å². The summed E-state index contributed by atoms with van der Waals surface area (Å²) in [5, 5.41) is 5.23. The number of nitrogens with one attached hydrogen (secondary N) is 2. The predicted molar refractivity (Wildman–Crippen MR) is 131 cm³/mol. The molecule has 5 rings (SSSR count). The van der Waals surface area contributed by atoms with Crippen LogP contribution < -0.4 is 10.1 Å². The van der Waals surface area contributed by atoms with Crippen LogP contribution in [-0.2, 0) is 0 Å². The average Bonchev–Trinajstić information content (AvgIpc) is 3.40. The van der Waals surface area contributed by atoms with Crippen molar-refractivity contribution in [2.24, 2.45) is 0 Å². The third-order valence-electron chi connectivity index (χ3n) is 6.28. The van der Waals surface area contributed by atoms with Crippen LogP contribution in [0.1, 0.15) is 38.7 Å². The van der Waals surface area contributed by atoms with Gasteiger partial charge in [-0.1, -0.05) is 42.5 Å². The fourth-order valence-corrected chi connectivity index (χ4v) is 4.45. The molecule has 0 saturated heterocycles. The summed E-state index contributed by atoms with van der Waals surface area (Å²) in [5.74, 6) is 0.916. The number of ether oxygens (including phenoxy) is 1. The number of carbonyl (C=O) groups is 1. The lowest BCUT2D eigenvalue weighted by atomic mass is 9.90. The van der Waals surface area contributed by atoms with Gasteiger partial charge in [-0.3, -0.25) is 4.79 Å². The van der Waals surface area contributed by atoms with Gasteiger partial charge in [-0.25, -0.2) is 0 Å². The zero-order chi connectivity index (χ0) is 22.9. The molecule has 0 spiro atoms. The van der Waals surface area contributed by atoms with E-state index in [1.807, 2.05) is 74.6 Å². The second-order valence-electron chi connectivity index (χ2n) is 8.38. The fourth-order valence-electron chi connectivity index (χ4n) is 4.45. The summed E-state index contributed by atoms with van der Waals surface area (Å²) >= 11 is 0. The molecule has 0 aliphatic heterocycles. The van der Waals surface area contributed by atoms with E-state index < -0.39 is 0 Å². The van der Waals surface area contributed by atoms with Crippen LogP contribution in [0.25, 0.3) is 21.9 Å². The lowest BCUT2D eigenvalue weighted by Crippen LogP contribution is -2.29. The van der Waals surface area contributed by atoms with Gasteiger partial charge in [0.1, 0.15) is 11.3 Å². The van der Waals surface area contributed by atoms with Gasteiger partial charge in [-0.15, -0.1) is 0 Å². The number of H-pyrrole nitrogens is 1. The van der Waals surface area contributed by atoms with E-state index in [-0.39, 0.29) is 11.8 Å². The Morgan fingerprint density at radius 1 is 1.03 bits per heavy atom. The summed E-state index contributed by atoms with van der Waals surface area (Å²) in [5.41, 5.74) is 5.99. The van der Waals surface area contributed by atoms with Gasteiger partial charge in [0.2, 0.25) is 0 Å². The lowest BCUT2D eigenvalue weighted by molar-refractivity contribution is 0.0926. The van der Waals surface area contributed by atoms with E-state index in [2.05, 4.69) is 22.4 Å². The highest BCUT2D eigenvalue weighted by Gasteiger charge is 2.22. The molecular weight excluding hydrogens is 412 g/mol. The van der Waals surface area contributed by atoms with E-state index in [1.165, 1.54) is 0 Å². The molecule has 0 saturated carbocycles. The van der Waals surface area contributed by atoms with Crippen LogP contribution in [0.5, 0.6) is 5.75 Å². The Balaban J connectivity index is 1.47. The van der Waals surface area contributed by atoms with E-state index in [0.29, 0.717) is 12.3 Å². The molecule has 2 heterocycles. The number of rotatable bonds is 6. The second-order valence-corrected chi connectivity index (χ2v) is 8.38. The van der Waals surface area contributed by atoms with E-state index in [0.717, 1.165) is 49.9 Å². The summed E-state index contributed by atoms with van der Waals surface area (Å²) in [7, 11) is 1.66. The quantitative estimate of drug-likeness (QED) is 0.337. The Bertz CT molecular complexity index is 1440. The van der Waals surface area contributed by atoms with Crippen molar-refractivity contribution in [1.82, 2.24) is 10.3 Å². The molecule has 0 aliphatic carbocycles. The van der Waals surface area contributed by atoms with Crippen molar-refractivity contribution < 1.29 is 13.9 Å². The number of hydrogen-bond donors (Lipinski definition) is 2. The summed E-state index contributed by atoms with van der Waals surface area (Å²) < 4.78 is 11.3. The molecule has 1 amide bonds. The van der Waals surface area contributed by atoms with Crippen molar-refractivity contribution in [2.75, 3.05) is 13.7 Å². The van der Waals surface area contributed by atoms with Crippen LogP contribution in [-0.4, -0.2) is 24.5 Å². The van der Waals surface area contributed by atoms with E-state index in [1.54, 1.807) is 7.11 Å². The monoisotopic (exact) mass is 438 g/mol. The minimum absolute atomic E-state index is 0.0389. The smallest absolute Gasteiger partial charge is 0.287 e. The van der Waals surface area contributed by atoms with Crippen molar-refractivity contribution in [3.63, 3.8) is 0 Å². The third-order valence-corrected chi connectivity index (χ3v) is 6.28. The number of aromatic amines is 1. The van der Waals surface area contributed by atoms with E-state index in [4.69, 9.17) is 9.15 Å². The first kappa shape index (κ1) is 20.9. The zero-order valence-electron chi connectivity index (χ0n) is 18.9. The summed E-state index contributed by atoms with van der Waals surface area (Å²) in [6.45, 7) is 4.37. The molecule has 2 aromatic heterocycles. The number of aryl methyl sites for hydroxylation is 2. The number of methoxy groups -OCH3 is 1. The number of fused-ring (bicyclic) bond motifs is 2. The van der Waals surface area contributed by atoms with Crippen LogP contribution in [0.2, 0.25) is 0 Å². The molecule has 0 bridgehead atoms. The van der Waals surface area contributed by atoms with Gasteiger partial charge in [0.05, 0.1) is 7.11 Å². The molecule has 1 unspecified atom stereocenters. The normalized spacial score (nSPS) is 12.2. The topological polar surface area (TPSA) is 67.3 Å². The SMILES string of the molecule is COc1ccc(C(CNC(=O)c2oc3cc(C)ccc3c2C)c2c[nH]c3ccccc23)cc1. The number of furan rings is 1. The molecule has 3 aromatic carbocycles. The maximum atomic E-state index is 13.2. The zero-order valence-corrected chi connectivity index (χ0v) is 18.9. The molecule has 0 aliphatic rings. The number of para-hydroxylation sites is 1. The molecule has 1 atom stereocenters. The largest absolute Gasteiger partial charge is 0.497 e. The van der Waals surface area contributed by atoms with Gasteiger partial charge < -0.3 is 19.5 Å². The van der Waals surface area contributed by atoms with Gasteiger partial charge in [-0.05, 0) is 54.8 Å². The van der Waals surface area contributed by atoms with Gasteiger partial charge in [0, 0.05) is 40.5 Å². The Hall–Kier alpha value is -3.99. The highest BCUT2D eigenvalue weighted by atomic mass is 16.5. The maximum Gasteiger partial charge on any atom is 0.287 e. The molecule has 5 aromatic rings. The number of carbonyl (C=O) groups excluding carboxylic acids is 1. The van der Waals surface area contributed by atoms with Crippen LogP contribution >= 0.6 is 0 Å². The maximum absolute atomic E-state index is 13.2. The van der Waals surface area contributed by atoms with Crippen molar-refractivity contribution >= 4 is 27.8 Å². The Morgan fingerprint density at radius 2 is 1.82 bits per heavy atom. The third kappa shape index (κ3) is 3.87. The molecule has 2 N–H and O–H groups in total. The number of amides is 1. The van der Waals surface area contributed by atoms with Crippen molar-refractivity contribution in [3.8, 4) is 5.75 Å². The van der Waals surface area contributed by atoms with Gasteiger partial charge in [-0.2, -0.15) is 0 Å². The van der Waals surface area contributed by atoms with Crippen LogP contribution in [0.4, 0.5) is 0 Å². The van der Waals surface area contributed by atoms with Crippen molar-refractivity contribution in [1.29, 1.82) is 0 Å². The number of aromatic nitrogens is 1. The lowest BCUT2D eigenvalue weighted by Gasteiger charge is -2.18. The average molecular weight is 439 g/mol. The summed E-state index contributed by atoms with van der Waals surface area (Å²) in [6, 6.07) is 22.2. The van der Waals surface area contributed by atoms with Crippen LogP contribution in [0.15, 0.2) is 77.3 Å². The van der Waals surface area contributed by atoms with Crippen molar-refractivity contribution in [2.45, 2.75) is 19.8 Å². The number of hydrogen-bond acceptors (Lipinski definition) is 3. The van der Waals surface area contributed by atoms with E-state index >= 15 is 0 Å². The number of benzene rings is 3. The predicted octanol–water partition coefficient (Wildman–Crippen LogP) is 6.10. The molecule has 0 radical (unpaired) electrons. The minimum Gasteiger partial charge on any atom is -0.497 e. The molecule has 166 valence electrons. The summed E-state index contributed by atoms with van der Waals surface area (Å²) in [6.07, 6.45) is 2.03. The Kier molecular flexibility index (Phi) is 5.38. The first-order valence-electron chi connectivity index (χ1n) is 11.0. The highest BCUT2D eigenvalue weighted by molar-refractivity contribution is 5.99. The molecule has 0 fully saturated rings. The van der Waals surface area contributed by atoms with Crippen LogP contribution in [0, 0.1) is 13.8 Å². The van der Waals surface area contributed by atoms with Gasteiger partial charge in [0.15, 0.2) is 5.76 Å². The van der Waals surface area contributed by atoms with E-state index in [9.17, 15) is 4.79 Å². The Morgan fingerprint density at radius 3 is 2.61 bits per heavy atom. The molecule has 33 heavy (non-hydrogen) atoms. The standard InChI is InChI=1S/C28H26N2O3/c1-17-8-13-21-18(2)27(33-26(21)14-17)28(31)30-15-23(19-9-11-20(32-3)12-10-19)24-16-29-25-7-5-4-6-22(24)25/h4-14,16,23,29H,15H2,1-3H3,(H,30,31). The van der Waals surface area contributed by atoms with Crippen molar-refractivity contribution in [3.05, 3.63) is 101 Å². The fraction of sp³-hybridized carbons (Fsp3) is 0.179.